The molecule has 1 aliphatic rings. The molecule has 1 aliphatic carbocycles. The molecule has 0 heterocycles. The molecule has 5 heteroatoms. The van der Waals surface area contributed by atoms with E-state index >= 15 is 0 Å². The lowest BCUT2D eigenvalue weighted by Crippen LogP contribution is -2.33. The molecule has 1 fully saturated rings. The van der Waals surface area contributed by atoms with Crippen molar-refractivity contribution < 1.29 is 8.78 Å². The highest BCUT2D eigenvalue weighted by Gasteiger charge is 2.13. The molecule has 0 aliphatic heterocycles. The molecule has 0 radical (unpaired) electrons. The van der Waals surface area contributed by atoms with Gasteiger partial charge in [-0.25, -0.2) is 14.6 Å². The second-order valence-electron chi connectivity index (χ2n) is 5.28. The fraction of sp³-hybridized carbons (Fsp3) is 0.533. The lowest BCUT2D eigenvalue weighted by Gasteiger charge is -2.13. The molecule has 0 amide bonds. The molecule has 1 aromatic carbocycles. The van der Waals surface area contributed by atoms with Gasteiger partial charge in [0.2, 0.25) is 0 Å². The Morgan fingerprint density at radius 1 is 1.20 bits per heavy atom. The summed E-state index contributed by atoms with van der Waals surface area (Å²) in [6.45, 7) is 0. The monoisotopic (exact) mass is 281 g/mol. The van der Waals surface area contributed by atoms with E-state index in [1.54, 1.807) is 0 Å². The van der Waals surface area contributed by atoms with Crippen molar-refractivity contribution in [3.8, 4) is 0 Å². The highest BCUT2D eigenvalue weighted by molar-refractivity contribution is 5.84. The van der Waals surface area contributed by atoms with E-state index in [1.807, 2.05) is 0 Å². The van der Waals surface area contributed by atoms with E-state index in [9.17, 15) is 8.78 Å². The molecule has 3 N–H and O–H groups in total. The van der Waals surface area contributed by atoms with Crippen LogP contribution in [0.5, 0.6) is 0 Å². The fourth-order valence-corrected chi connectivity index (χ4v) is 2.59. The smallest absolute Gasteiger partial charge is 0.129 e. The Hall–Kier alpha value is -1.49. The maximum Gasteiger partial charge on any atom is 0.129 e. The summed E-state index contributed by atoms with van der Waals surface area (Å²) < 4.78 is 26.5. The largest absolute Gasteiger partial charge is 0.312 e. The zero-order valence-electron chi connectivity index (χ0n) is 11.5. The molecule has 0 bridgehead atoms. The molecular weight excluding hydrogens is 260 g/mol. The third-order valence-corrected chi connectivity index (χ3v) is 3.70. The van der Waals surface area contributed by atoms with Gasteiger partial charge in [-0.3, -0.25) is 4.99 Å². The molecule has 1 saturated carbocycles. The van der Waals surface area contributed by atoms with Gasteiger partial charge in [-0.05, 0) is 24.5 Å². The lowest BCUT2D eigenvalue weighted by molar-refractivity contribution is 0.571. The fourth-order valence-electron chi connectivity index (χ4n) is 2.59. The summed E-state index contributed by atoms with van der Waals surface area (Å²) in [5.41, 5.74) is 2.95. The molecule has 1 aromatic rings. The molecule has 2 rings (SSSR count). The molecule has 0 saturated heterocycles. The van der Waals surface area contributed by atoms with Crippen LogP contribution in [0.3, 0.4) is 0 Å². The molecule has 20 heavy (non-hydrogen) atoms. The quantitative estimate of drug-likeness (QED) is 0.294. The first kappa shape index (κ1) is 14.9. The Morgan fingerprint density at radius 2 is 1.90 bits per heavy atom. The number of nitrogens with zero attached hydrogens (tertiary/aromatic N) is 1. The van der Waals surface area contributed by atoms with Crippen LogP contribution < -0.4 is 11.3 Å². The first-order valence-corrected chi connectivity index (χ1v) is 7.16. The Morgan fingerprint density at radius 3 is 2.50 bits per heavy atom. The number of aliphatic imine (C=N–C) groups is 1. The average molecular weight is 281 g/mol. The molecule has 0 aromatic heterocycles. The van der Waals surface area contributed by atoms with E-state index in [2.05, 4.69) is 10.4 Å². The van der Waals surface area contributed by atoms with Crippen molar-refractivity contribution in [2.45, 2.75) is 51.0 Å². The van der Waals surface area contributed by atoms with Gasteiger partial charge in [-0.1, -0.05) is 31.7 Å². The number of hydrogen-bond donors (Lipinski definition) is 2. The van der Waals surface area contributed by atoms with Gasteiger partial charge >= 0.3 is 0 Å². The van der Waals surface area contributed by atoms with Crippen LogP contribution in [-0.2, 0) is 6.42 Å². The minimum Gasteiger partial charge on any atom is -0.312 e. The number of rotatable bonds is 3. The van der Waals surface area contributed by atoms with Crippen molar-refractivity contribution in [2.24, 2.45) is 10.8 Å². The van der Waals surface area contributed by atoms with Gasteiger partial charge in [0.25, 0.3) is 0 Å². The average Bonchev–Trinajstić information content (AvgIpc) is 2.69. The third-order valence-electron chi connectivity index (χ3n) is 3.70. The van der Waals surface area contributed by atoms with E-state index in [0.717, 1.165) is 18.9 Å². The van der Waals surface area contributed by atoms with Gasteiger partial charge in [-0.15, -0.1) is 0 Å². The molecule has 0 atom stereocenters. The van der Waals surface area contributed by atoms with Crippen LogP contribution in [0.4, 0.5) is 8.78 Å². The molecular formula is C15H21F2N3. The zero-order valence-corrected chi connectivity index (χ0v) is 11.5. The van der Waals surface area contributed by atoms with Crippen molar-refractivity contribution in [2.75, 3.05) is 0 Å². The number of nitrogens with two attached hydrogens (primary N) is 1. The van der Waals surface area contributed by atoms with Gasteiger partial charge < -0.3 is 5.43 Å². The first-order valence-electron chi connectivity index (χ1n) is 7.16. The summed E-state index contributed by atoms with van der Waals surface area (Å²) in [5.74, 6) is 4.90. The van der Waals surface area contributed by atoms with Crippen LogP contribution >= 0.6 is 0 Å². The van der Waals surface area contributed by atoms with Crippen molar-refractivity contribution in [3.05, 3.63) is 35.4 Å². The molecule has 0 unspecified atom stereocenters. The Kier molecular flexibility index (Phi) is 5.47. The van der Waals surface area contributed by atoms with Crippen LogP contribution in [0.1, 0.15) is 44.1 Å². The highest BCUT2D eigenvalue weighted by Crippen LogP contribution is 2.20. The number of benzene rings is 1. The maximum absolute atomic E-state index is 13.6. The summed E-state index contributed by atoms with van der Waals surface area (Å²) in [5, 5.41) is 0. The molecule has 110 valence electrons. The third kappa shape index (κ3) is 4.27. The van der Waals surface area contributed by atoms with E-state index in [4.69, 9.17) is 5.84 Å². The van der Waals surface area contributed by atoms with Crippen molar-refractivity contribution in [1.29, 1.82) is 0 Å². The van der Waals surface area contributed by atoms with Crippen molar-refractivity contribution >= 4 is 5.84 Å². The van der Waals surface area contributed by atoms with Crippen LogP contribution in [-0.4, -0.2) is 11.9 Å². The number of halogens is 2. The van der Waals surface area contributed by atoms with Crippen LogP contribution in [0.2, 0.25) is 0 Å². The van der Waals surface area contributed by atoms with Crippen molar-refractivity contribution in [3.63, 3.8) is 0 Å². The predicted octanol–water partition coefficient (Wildman–Crippen LogP) is 3.09. The number of hydrogen-bond acceptors (Lipinski definition) is 2. The second-order valence-corrected chi connectivity index (χ2v) is 5.28. The van der Waals surface area contributed by atoms with Crippen LogP contribution in [0.15, 0.2) is 23.2 Å². The normalized spacial score (nSPS) is 17.9. The standard InChI is InChI=1S/C15H21F2N3/c16-12-8-7-11(14(17)10-12)9-15(20-18)19-13-5-3-1-2-4-6-13/h7-8,10,13H,1-6,9,18H2,(H,19,20). The van der Waals surface area contributed by atoms with Crippen LogP contribution in [0, 0.1) is 11.6 Å². The molecule has 0 spiro atoms. The molecule has 3 nitrogen and oxygen atoms in total. The minimum atomic E-state index is -0.575. The van der Waals surface area contributed by atoms with E-state index in [0.29, 0.717) is 11.4 Å². The predicted molar refractivity (Wildman–Crippen MR) is 76.3 cm³/mol. The maximum atomic E-state index is 13.6. The Labute approximate surface area is 118 Å². The minimum absolute atomic E-state index is 0.257. The summed E-state index contributed by atoms with van der Waals surface area (Å²) >= 11 is 0. The Balaban J connectivity index is 2.07. The van der Waals surface area contributed by atoms with Crippen LogP contribution in [0.25, 0.3) is 0 Å². The van der Waals surface area contributed by atoms with Gasteiger partial charge in [-0.2, -0.15) is 0 Å². The summed E-state index contributed by atoms with van der Waals surface area (Å²) in [6.07, 6.45) is 7.23. The number of hydrazine groups is 1. The van der Waals surface area contributed by atoms with Gasteiger partial charge in [0.15, 0.2) is 0 Å². The summed E-state index contributed by atoms with van der Waals surface area (Å²) in [7, 11) is 0. The van der Waals surface area contributed by atoms with Gasteiger partial charge in [0.1, 0.15) is 17.5 Å². The summed E-state index contributed by atoms with van der Waals surface area (Å²) in [4.78, 5) is 4.59. The summed E-state index contributed by atoms with van der Waals surface area (Å²) in [6, 6.07) is 3.82. The number of amidine groups is 1. The highest BCUT2D eigenvalue weighted by atomic mass is 19.1. The SMILES string of the molecule is NNC(Cc1ccc(F)cc1F)=NC1CCCCCC1. The van der Waals surface area contributed by atoms with E-state index in [-0.39, 0.29) is 12.5 Å². The van der Waals surface area contributed by atoms with E-state index in [1.165, 1.54) is 37.8 Å². The lowest BCUT2D eigenvalue weighted by atomic mass is 10.1. The van der Waals surface area contributed by atoms with E-state index < -0.39 is 11.6 Å². The Bertz CT molecular complexity index is 466. The van der Waals surface area contributed by atoms with Gasteiger partial charge in [0, 0.05) is 12.5 Å². The zero-order chi connectivity index (χ0) is 14.4. The first-order chi connectivity index (χ1) is 9.69. The topological polar surface area (TPSA) is 50.4 Å². The number of nitrogens with one attached hydrogen (secondary N) is 1. The second kappa shape index (κ2) is 7.33. The van der Waals surface area contributed by atoms with Gasteiger partial charge in [0.05, 0.1) is 6.04 Å². The van der Waals surface area contributed by atoms with Crippen molar-refractivity contribution in [1.82, 2.24) is 5.43 Å².